The van der Waals surface area contributed by atoms with Gasteiger partial charge >= 0.3 is 5.97 Å². The molecule has 0 heterocycles. The summed E-state index contributed by atoms with van der Waals surface area (Å²) >= 11 is 0. The van der Waals surface area contributed by atoms with Crippen molar-refractivity contribution in [1.29, 1.82) is 0 Å². The lowest BCUT2D eigenvalue weighted by molar-refractivity contribution is -0.131. The summed E-state index contributed by atoms with van der Waals surface area (Å²) < 4.78 is 4.78. The molecule has 0 spiro atoms. The van der Waals surface area contributed by atoms with Gasteiger partial charge in [0, 0.05) is 12.5 Å². The Morgan fingerprint density at radius 2 is 2.14 bits per heavy atom. The van der Waals surface area contributed by atoms with Crippen LogP contribution in [0, 0.1) is 0 Å². The van der Waals surface area contributed by atoms with E-state index in [4.69, 9.17) is 9.84 Å². The van der Waals surface area contributed by atoms with Gasteiger partial charge in [0.15, 0.2) is 5.78 Å². The van der Waals surface area contributed by atoms with E-state index in [1.807, 2.05) is 0 Å². The predicted octanol–water partition coefficient (Wildman–Crippen LogP) is 0.787. The molecule has 0 fully saturated rings. The Balaban J connectivity index is 2.89. The number of carbonyl (C=O) groups is 2. The minimum absolute atomic E-state index is 0.303. The van der Waals surface area contributed by atoms with Gasteiger partial charge in [-0.15, -0.1) is 0 Å². The molecule has 0 aliphatic rings. The normalized spacial score (nSPS) is 9.57. The molecular weight excluding hydrogens is 184 g/mol. The average molecular weight is 194 g/mol. The maximum absolute atomic E-state index is 11.1. The van der Waals surface area contributed by atoms with Gasteiger partial charge in [-0.2, -0.15) is 0 Å². The van der Waals surface area contributed by atoms with E-state index in [2.05, 4.69) is 0 Å². The highest BCUT2D eigenvalue weighted by atomic mass is 16.5. The van der Waals surface area contributed by atoms with E-state index < -0.39 is 18.4 Å². The molecule has 1 rings (SSSR count). The van der Waals surface area contributed by atoms with Crippen LogP contribution in [-0.2, 0) is 4.79 Å². The molecule has 0 saturated carbocycles. The molecule has 0 saturated heterocycles. The number of aliphatic hydroxyl groups is 1. The lowest BCUT2D eigenvalue weighted by Crippen LogP contribution is -2.06. The number of ether oxygens (including phenoxy) is 1. The van der Waals surface area contributed by atoms with E-state index in [9.17, 15) is 9.59 Å². The molecule has 1 aromatic carbocycles. The molecule has 0 radical (unpaired) electrons. The molecule has 4 nitrogen and oxygen atoms in total. The van der Waals surface area contributed by atoms with Crippen LogP contribution in [0.2, 0.25) is 0 Å². The highest BCUT2D eigenvalue weighted by molar-refractivity contribution is 5.97. The van der Waals surface area contributed by atoms with Crippen LogP contribution in [0.1, 0.15) is 17.3 Å². The van der Waals surface area contributed by atoms with Crippen molar-refractivity contribution in [2.24, 2.45) is 0 Å². The fraction of sp³-hybridized carbons (Fsp3) is 0.200. The summed E-state index contributed by atoms with van der Waals surface area (Å²) in [4.78, 5) is 21.7. The van der Waals surface area contributed by atoms with Crippen molar-refractivity contribution < 1.29 is 19.4 Å². The minimum Gasteiger partial charge on any atom is -0.427 e. The zero-order chi connectivity index (χ0) is 10.6. The van der Waals surface area contributed by atoms with Gasteiger partial charge in [0.25, 0.3) is 0 Å². The predicted molar refractivity (Wildman–Crippen MR) is 49.2 cm³/mol. The maximum atomic E-state index is 11.1. The number of rotatable bonds is 3. The SMILES string of the molecule is CC(=O)Oc1cccc(C(=O)CO)c1. The lowest BCUT2D eigenvalue weighted by atomic mass is 10.1. The highest BCUT2D eigenvalue weighted by Gasteiger charge is 2.05. The number of benzene rings is 1. The van der Waals surface area contributed by atoms with Crippen molar-refractivity contribution in [2.75, 3.05) is 6.61 Å². The first-order chi connectivity index (χ1) is 6.63. The fourth-order valence-corrected chi connectivity index (χ4v) is 0.990. The van der Waals surface area contributed by atoms with Crippen molar-refractivity contribution in [3.63, 3.8) is 0 Å². The van der Waals surface area contributed by atoms with Crippen LogP contribution in [0.25, 0.3) is 0 Å². The number of ketones is 1. The van der Waals surface area contributed by atoms with Crippen LogP contribution in [0.4, 0.5) is 0 Å². The van der Waals surface area contributed by atoms with Crippen molar-refractivity contribution in [3.05, 3.63) is 29.8 Å². The van der Waals surface area contributed by atoms with E-state index >= 15 is 0 Å². The Hall–Kier alpha value is -1.68. The topological polar surface area (TPSA) is 63.6 Å². The second-order valence-electron chi connectivity index (χ2n) is 2.70. The molecular formula is C10H10O4. The Morgan fingerprint density at radius 3 is 2.71 bits per heavy atom. The van der Waals surface area contributed by atoms with Crippen molar-refractivity contribution in [2.45, 2.75) is 6.92 Å². The van der Waals surface area contributed by atoms with Crippen LogP contribution >= 0.6 is 0 Å². The third kappa shape index (κ3) is 2.67. The number of esters is 1. The molecule has 14 heavy (non-hydrogen) atoms. The first-order valence-electron chi connectivity index (χ1n) is 4.06. The maximum Gasteiger partial charge on any atom is 0.308 e. The molecule has 1 aromatic rings. The van der Waals surface area contributed by atoms with Gasteiger partial charge in [-0.1, -0.05) is 12.1 Å². The first-order valence-corrected chi connectivity index (χ1v) is 4.06. The van der Waals surface area contributed by atoms with E-state index in [1.165, 1.54) is 13.0 Å². The summed E-state index contributed by atoms with van der Waals surface area (Å²) in [6.07, 6.45) is 0. The van der Waals surface area contributed by atoms with E-state index in [-0.39, 0.29) is 0 Å². The van der Waals surface area contributed by atoms with Crippen LogP contribution in [0.15, 0.2) is 24.3 Å². The highest BCUT2D eigenvalue weighted by Crippen LogP contribution is 2.13. The van der Waals surface area contributed by atoms with E-state index in [0.29, 0.717) is 11.3 Å². The van der Waals surface area contributed by atoms with Gasteiger partial charge in [0.05, 0.1) is 0 Å². The molecule has 4 heteroatoms. The second-order valence-corrected chi connectivity index (χ2v) is 2.70. The van der Waals surface area contributed by atoms with Crippen LogP contribution in [-0.4, -0.2) is 23.5 Å². The van der Waals surface area contributed by atoms with Crippen molar-refractivity contribution >= 4 is 11.8 Å². The molecule has 1 N–H and O–H groups in total. The number of Topliss-reactive ketones (excluding diaryl/α,β-unsaturated/α-hetero) is 1. The van der Waals surface area contributed by atoms with Crippen LogP contribution < -0.4 is 4.74 Å². The zero-order valence-electron chi connectivity index (χ0n) is 7.69. The summed E-state index contributed by atoms with van der Waals surface area (Å²) in [5, 5.41) is 8.60. The monoisotopic (exact) mass is 194 g/mol. The Kier molecular flexibility index (Phi) is 3.36. The number of aliphatic hydroxyl groups excluding tert-OH is 1. The molecule has 0 unspecified atom stereocenters. The molecule has 0 aliphatic heterocycles. The molecule has 0 amide bonds. The van der Waals surface area contributed by atoms with Crippen LogP contribution in [0.5, 0.6) is 5.75 Å². The lowest BCUT2D eigenvalue weighted by Gasteiger charge is -2.02. The third-order valence-corrected chi connectivity index (χ3v) is 1.56. The van der Waals surface area contributed by atoms with E-state index in [1.54, 1.807) is 18.2 Å². The molecule has 0 atom stereocenters. The summed E-state index contributed by atoms with van der Waals surface area (Å²) in [5.74, 6) is -0.547. The number of hydrogen-bond acceptors (Lipinski definition) is 4. The largest absolute Gasteiger partial charge is 0.427 e. The Morgan fingerprint density at radius 1 is 1.43 bits per heavy atom. The van der Waals surface area contributed by atoms with Crippen molar-refractivity contribution in [1.82, 2.24) is 0 Å². The van der Waals surface area contributed by atoms with Gasteiger partial charge in [-0.05, 0) is 12.1 Å². The van der Waals surface area contributed by atoms with Gasteiger partial charge in [-0.25, -0.2) is 0 Å². The number of carbonyl (C=O) groups excluding carboxylic acids is 2. The van der Waals surface area contributed by atoms with E-state index in [0.717, 1.165) is 0 Å². The molecule has 0 aromatic heterocycles. The Bertz CT molecular complexity index is 357. The van der Waals surface area contributed by atoms with Gasteiger partial charge in [-0.3, -0.25) is 9.59 Å². The van der Waals surface area contributed by atoms with Gasteiger partial charge in [0.1, 0.15) is 12.4 Å². The summed E-state index contributed by atoms with van der Waals surface area (Å²) in [6.45, 7) is 0.726. The first kappa shape index (κ1) is 10.4. The molecule has 0 bridgehead atoms. The summed E-state index contributed by atoms with van der Waals surface area (Å²) in [5.41, 5.74) is 0.325. The molecule has 0 aliphatic carbocycles. The summed E-state index contributed by atoms with van der Waals surface area (Å²) in [7, 11) is 0. The smallest absolute Gasteiger partial charge is 0.308 e. The van der Waals surface area contributed by atoms with Crippen LogP contribution in [0.3, 0.4) is 0 Å². The standard InChI is InChI=1S/C10H10O4/c1-7(12)14-9-4-2-3-8(5-9)10(13)6-11/h2-5,11H,6H2,1H3. The number of hydrogen-bond donors (Lipinski definition) is 1. The molecule has 74 valence electrons. The second kappa shape index (κ2) is 4.53. The third-order valence-electron chi connectivity index (χ3n) is 1.56. The van der Waals surface area contributed by atoms with Gasteiger partial charge < -0.3 is 9.84 Å². The summed E-state index contributed by atoms with van der Waals surface area (Å²) in [6, 6.07) is 6.11. The quantitative estimate of drug-likeness (QED) is 0.439. The fourth-order valence-electron chi connectivity index (χ4n) is 0.990. The average Bonchev–Trinajstić information content (AvgIpc) is 2.16. The van der Waals surface area contributed by atoms with Gasteiger partial charge in [0.2, 0.25) is 0 Å². The Labute approximate surface area is 81.1 Å². The minimum atomic E-state index is -0.552. The van der Waals surface area contributed by atoms with Crippen molar-refractivity contribution in [3.8, 4) is 5.75 Å². The zero-order valence-corrected chi connectivity index (χ0v) is 7.69.